The van der Waals surface area contributed by atoms with Crippen LogP contribution in [0.4, 0.5) is 5.69 Å². The Kier molecular flexibility index (Phi) is 2.89. The number of carboxylic acids is 1. The molecule has 4 nitrogen and oxygen atoms in total. The maximum Gasteiger partial charge on any atom is 0.337 e. The van der Waals surface area contributed by atoms with Gasteiger partial charge in [0.05, 0.1) is 5.56 Å². The van der Waals surface area contributed by atoms with Gasteiger partial charge in [0, 0.05) is 11.7 Å². The molecule has 0 aliphatic rings. The first-order valence-corrected chi connectivity index (χ1v) is 4.07. The predicted octanol–water partition coefficient (Wildman–Crippen LogP) is 1.15. The van der Waals surface area contributed by atoms with Crippen LogP contribution in [0.1, 0.15) is 22.0 Å². The minimum atomic E-state index is -1.04. The van der Waals surface area contributed by atoms with E-state index in [1.54, 1.807) is 18.2 Å². The van der Waals surface area contributed by atoms with Gasteiger partial charge in [-0.05, 0) is 17.7 Å². The van der Waals surface area contributed by atoms with Gasteiger partial charge in [-0.3, -0.25) is 0 Å². The van der Waals surface area contributed by atoms with E-state index < -0.39 is 5.97 Å². The molecule has 14 heavy (non-hydrogen) atoms. The average Bonchev–Trinajstić information content (AvgIpc) is 2.15. The van der Waals surface area contributed by atoms with E-state index in [9.17, 15) is 4.79 Å². The monoisotopic (exact) mass is 192 g/mol. The summed E-state index contributed by atoms with van der Waals surface area (Å²) in [4.78, 5) is 10.6. The van der Waals surface area contributed by atoms with Crippen LogP contribution in [0.3, 0.4) is 0 Å². The first kappa shape index (κ1) is 10.3. The Labute approximate surface area is 81.8 Å². The summed E-state index contributed by atoms with van der Waals surface area (Å²) in [6.07, 6.45) is 1.56. The molecule has 5 N–H and O–H groups in total. The third-order valence-corrected chi connectivity index (χ3v) is 1.94. The van der Waals surface area contributed by atoms with Crippen LogP contribution in [0.15, 0.2) is 30.9 Å². The van der Waals surface area contributed by atoms with Gasteiger partial charge < -0.3 is 16.6 Å². The van der Waals surface area contributed by atoms with Gasteiger partial charge in [-0.1, -0.05) is 12.1 Å². The minimum absolute atomic E-state index is 0.0880. The van der Waals surface area contributed by atoms with Crippen LogP contribution < -0.4 is 11.5 Å². The lowest BCUT2D eigenvalue weighted by atomic mass is 10.0. The lowest BCUT2D eigenvalue weighted by Crippen LogP contribution is -2.09. The van der Waals surface area contributed by atoms with Crippen LogP contribution in [0.25, 0.3) is 0 Å². The summed E-state index contributed by atoms with van der Waals surface area (Å²) in [5.74, 6) is -1.04. The summed E-state index contributed by atoms with van der Waals surface area (Å²) in [5.41, 5.74) is 12.3. The van der Waals surface area contributed by atoms with Crippen LogP contribution in [0.5, 0.6) is 0 Å². The Balaban J connectivity index is 3.12. The fraction of sp³-hybridized carbons (Fsp3) is 0.100. The third-order valence-electron chi connectivity index (χ3n) is 1.94. The van der Waals surface area contributed by atoms with Gasteiger partial charge in [-0.2, -0.15) is 0 Å². The van der Waals surface area contributed by atoms with E-state index in [-0.39, 0.29) is 17.3 Å². The molecular weight excluding hydrogens is 180 g/mol. The number of anilines is 1. The third kappa shape index (κ3) is 1.92. The van der Waals surface area contributed by atoms with Crippen molar-refractivity contribution in [2.45, 2.75) is 6.04 Å². The van der Waals surface area contributed by atoms with Crippen molar-refractivity contribution in [2.75, 3.05) is 5.73 Å². The van der Waals surface area contributed by atoms with Crippen LogP contribution in [0.2, 0.25) is 0 Å². The van der Waals surface area contributed by atoms with Crippen molar-refractivity contribution in [3.05, 3.63) is 42.0 Å². The highest BCUT2D eigenvalue weighted by Gasteiger charge is 2.09. The molecule has 0 saturated carbocycles. The van der Waals surface area contributed by atoms with E-state index in [0.717, 1.165) is 5.56 Å². The van der Waals surface area contributed by atoms with Crippen molar-refractivity contribution in [1.29, 1.82) is 0 Å². The zero-order valence-corrected chi connectivity index (χ0v) is 7.60. The van der Waals surface area contributed by atoms with Crippen LogP contribution in [-0.4, -0.2) is 11.1 Å². The van der Waals surface area contributed by atoms with Gasteiger partial charge in [-0.15, -0.1) is 6.58 Å². The number of nitrogens with two attached hydrogens (primary N) is 2. The summed E-state index contributed by atoms with van der Waals surface area (Å²) < 4.78 is 0. The second-order valence-corrected chi connectivity index (χ2v) is 2.91. The molecule has 4 heteroatoms. The molecule has 74 valence electrons. The number of aromatic carboxylic acids is 1. The molecule has 1 aromatic carbocycles. The van der Waals surface area contributed by atoms with Gasteiger partial charge in [0.1, 0.15) is 0 Å². The summed E-state index contributed by atoms with van der Waals surface area (Å²) in [6.45, 7) is 3.54. The van der Waals surface area contributed by atoms with Gasteiger partial charge in [0.25, 0.3) is 0 Å². The Morgan fingerprint density at radius 3 is 2.64 bits per heavy atom. The summed E-state index contributed by atoms with van der Waals surface area (Å²) in [6, 6.07) is 4.30. The Hall–Kier alpha value is -1.81. The Morgan fingerprint density at radius 1 is 1.57 bits per heavy atom. The van der Waals surface area contributed by atoms with Gasteiger partial charge in [0.2, 0.25) is 0 Å². The highest BCUT2D eigenvalue weighted by molar-refractivity contribution is 5.93. The lowest BCUT2D eigenvalue weighted by Gasteiger charge is -2.08. The van der Waals surface area contributed by atoms with E-state index >= 15 is 0 Å². The molecule has 0 spiro atoms. The van der Waals surface area contributed by atoms with Gasteiger partial charge in [0.15, 0.2) is 0 Å². The minimum Gasteiger partial charge on any atom is -0.478 e. The molecule has 1 rings (SSSR count). The Morgan fingerprint density at radius 2 is 2.21 bits per heavy atom. The number of carboxylic acid groups (broad SMARTS) is 1. The number of rotatable bonds is 3. The maximum atomic E-state index is 10.6. The average molecular weight is 192 g/mol. The molecule has 0 saturated heterocycles. The Bertz CT molecular complexity index is 374. The molecule has 1 aromatic rings. The molecule has 1 unspecified atom stereocenters. The number of nitrogen functional groups attached to an aromatic ring is 1. The van der Waals surface area contributed by atoms with Crippen LogP contribution >= 0.6 is 0 Å². The largest absolute Gasteiger partial charge is 0.478 e. The normalized spacial score (nSPS) is 12.1. The fourth-order valence-corrected chi connectivity index (χ4v) is 1.12. The highest BCUT2D eigenvalue weighted by Crippen LogP contribution is 2.18. The number of hydrogen-bond donors (Lipinski definition) is 3. The molecule has 0 bridgehead atoms. The number of benzene rings is 1. The summed E-state index contributed by atoms with van der Waals surface area (Å²) in [5, 5.41) is 8.72. The van der Waals surface area contributed by atoms with E-state index in [1.165, 1.54) is 6.07 Å². The summed E-state index contributed by atoms with van der Waals surface area (Å²) >= 11 is 0. The van der Waals surface area contributed by atoms with Crippen molar-refractivity contribution in [2.24, 2.45) is 5.73 Å². The van der Waals surface area contributed by atoms with Crippen molar-refractivity contribution >= 4 is 11.7 Å². The standard InChI is InChI=1S/C10H12N2O2/c1-2-8(11)6-3-4-7(10(13)14)9(12)5-6/h2-5,8H,1,11-12H2,(H,13,14). The van der Waals surface area contributed by atoms with Crippen molar-refractivity contribution in [3.8, 4) is 0 Å². The predicted molar refractivity (Wildman–Crippen MR) is 54.9 cm³/mol. The van der Waals surface area contributed by atoms with E-state index in [1.807, 2.05) is 0 Å². The van der Waals surface area contributed by atoms with Crippen LogP contribution in [-0.2, 0) is 0 Å². The molecule has 0 amide bonds. The lowest BCUT2D eigenvalue weighted by molar-refractivity contribution is 0.0698. The highest BCUT2D eigenvalue weighted by atomic mass is 16.4. The number of carbonyl (C=O) groups is 1. The first-order valence-electron chi connectivity index (χ1n) is 4.07. The van der Waals surface area contributed by atoms with E-state index in [0.29, 0.717) is 0 Å². The molecule has 0 aliphatic heterocycles. The van der Waals surface area contributed by atoms with Crippen molar-refractivity contribution < 1.29 is 9.90 Å². The first-order chi connectivity index (χ1) is 6.56. The maximum absolute atomic E-state index is 10.6. The molecular formula is C10H12N2O2. The second-order valence-electron chi connectivity index (χ2n) is 2.91. The number of hydrogen-bond acceptors (Lipinski definition) is 3. The quantitative estimate of drug-likeness (QED) is 0.495. The van der Waals surface area contributed by atoms with Gasteiger partial charge in [-0.25, -0.2) is 4.79 Å². The molecule has 0 heterocycles. The van der Waals surface area contributed by atoms with Gasteiger partial charge >= 0.3 is 5.97 Å². The molecule has 0 fully saturated rings. The molecule has 0 aliphatic carbocycles. The molecule has 1 atom stereocenters. The van der Waals surface area contributed by atoms with Crippen molar-refractivity contribution in [3.63, 3.8) is 0 Å². The smallest absolute Gasteiger partial charge is 0.337 e. The summed E-state index contributed by atoms with van der Waals surface area (Å²) in [7, 11) is 0. The molecule has 0 aromatic heterocycles. The molecule has 0 radical (unpaired) electrons. The fourth-order valence-electron chi connectivity index (χ4n) is 1.12. The SMILES string of the molecule is C=CC(N)c1ccc(C(=O)O)c(N)c1. The zero-order chi connectivity index (χ0) is 10.7. The van der Waals surface area contributed by atoms with Crippen molar-refractivity contribution in [1.82, 2.24) is 0 Å². The second kappa shape index (κ2) is 3.93. The zero-order valence-electron chi connectivity index (χ0n) is 7.60. The van der Waals surface area contributed by atoms with E-state index in [2.05, 4.69) is 6.58 Å². The van der Waals surface area contributed by atoms with Crippen LogP contribution in [0, 0.1) is 0 Å². The topological polar surface area (TPSA) is 89.3 Å². The van der Waals surface area contributed by atoms with E-state index in [4.69, 9.17) is 16.6 Å².